The van der Waals surface area contributed by atoms with Crippen LogP contribution in [0.1, 0.15) is 23.7 Å². The van der Waals surface area contributed by atoms with Crippen molar-refractivity contribution in [1.82, 2.24) is 4.98 Å². The van der Waals surface area contributed by atoms with Gasteiger partial charge in [-0.25, -0.2) is 0 Å². The number of ether oxygens (including phenoxy) is 1. The molecule has 0 unspecified atom stereocenters. The number of anilines is 1. The minimum Gasteiger partial charge on any atom is -0.426 e. The van der Waals surface area contributed by atoms with Gasteiger partial charge in [0.05, 0.1) is 11.9 Å². The van der Waals surface area contributed by atoms with Gasteiger partial charge in [-0.1, -0.05) is 18.2 Å². The van der Waals surface area contributed by atoms with Gasteiger partial charge in [0, 0.05) is 23.7 Å². The summed E-state index contributed by atoms with van der Waals surface area (Å²) < 4.78 is 5.42. The van der Waals surface area contributed by atoms with Gasteiger partial charge >= 0.3 is 5.97 Å². The zero-order valence-corrected chi connectivity index (χ0v) is 15.0. The normalized spacial score (nSPS) is 10.6. The second kappa shape index (κ2) is 7.35. The first kappa shape index (κ1) is 17.6. The molecule has 1 heterocycles. The number of hydrogen-bond donors (Lipinski definition) is 1. The standard InChI is InChI=1S/C21H20N2O3/c1-13-18-6-4-5-7-20(18)22-14(2)19(13)12-21(25)26-17-10-8-16(9-11-17)23-15(3)24/h4-11H,12H2,1-3H3,(H,23,24). The average molecular weight is 348 g/mol. The van der Waals surface area contributed by atoms with Crippen LogP contribution in [0.4, 0.5) is 5.69 Å². The monoisotopic (exact) mass is 348 g/mol. The van der Waals surface area contributed by atoms with Gasteiger partial charge in [0.15, 0.2) is 0 Å². The third-order valence-electron chi connectivity index (χ3n) is 4.21. The Labute approximate surface area is 152 Å². The van der Waals surface area contributed by atoms with Crippen molar-refractivity contribution in [2.75, 3.05) is 5.32 Å². The van der Waals surface area contributed by atoms with Gasteiger partial charge in [0.25, 0.3) is 0 Å². The van der Waals surface area contributed by atoms with E-state index in [9.17, 15) is 9.59 Å². The molecule has 0 aliphatic rings. The van der Waals surface area contributed by atoms with E-state index in [1.807, 2.05) is 38.1 Å². The van der Waals surface area contributed by atoms with E-state index >= 15 is 0 Å². The SMILES string of the molecule is CC(=O)Nc1ccc(OC(=O)Cc2c(C)nc3ccccc3c2C)cc1. The van der Waals surface area contributed by atoms with Crippen molar-refractivity contribution in [3.05, 3.63) is 65.4 Å². The van der Waals surface area contributed by atoms with Gasteiger partial charge < -0.3 is 10.1 Å². The molecule has 0 saturated heterocycles. The molecule has 0 saturated carbocycles. The third kappa shape index (κ3) is 3.88. The molecule has 1 amide bonds. The Balaban J connectivity index is 1.76. The molecule has 3 rings (SSSR count). The number of nitrogens with one attached hydrogen (secondary N) is 1. The predicted molar refractivity (Wildman–Crippen MR) is 101 cm³/mol. The first-order chi connectivity index (χ1) is 12.4. The molecule has 3 aromatic rings. The number of aryl methyl sites for hydroxylation is 2. The molecule has 5 heteroatoms. The number of nitrogens with zero attached hydrogens (tertiary/aromatic N) is 1. The maximum absolute atomic E-state index is 12.4. The molecule has 0 aliphatic carbocycles. The zero-order chi connectivity index (χ0) is 18.7. The minimum absolute atomic E-state index is 0.149. The fraction of sp³-hybridized carbons (Fsp3) is 0.190. The Bertz CT molecular complexity index is 978. The van der Waals surface area contributed by atoms with Crippen molar-refractivity contribution in [3.63, 3.8) is 0 Å². The van der Waals surface area contributed by atoms with Crippen molar-refractivity contribution in [3.8, 4) is 5.75 Å². The van der Waals surface area contributed by atoms with E-state index in [1.165, 1.54) is 6.92 Å². The smallest absolute Gasteiger partial charge is 0.315 e. The van der Waals surface area contributed by atoms with Crippen molar-refractivity contribution in [1.29, 1.82) is 0 Å². The topological polar surface area (TPSA) is 68.3 Å². The number of aromatic nitrogens is 1. The second-order valence-corrected chi connectivity index (χ2v) is 6.17. The molecule has 1 N–H and O–H groups in total. The fourth-order valence-corrected chi connectivity index (χ4v) is 2.95. The number of hydrogen-bond acceptors (Lipinski definition) is 4. The van der Waals surface area contributed by atoms with Gasteiger partial charge in [0.2, 0.25) is 5.91 Å². The number of carbonyl (C=O) groups is 2. The van der Waals surface area contributed by atoms with Crippen LogP contribution in [-0.4, -0.2) is 16.9 Å². The van der Waals surface area contributed by atoms with Crippen molar-refractivity contribution < 1.29 is 14.3 Å². The highest BCUT2D eigenvalue weighted by molar-refractivity contribution is 5.89. The van der Waals surface area contributed by atoms with E-state index in [0.29, 0.717) is 11.4 Å². The number of pyridine rings is 1. The van der Waals surface area contributed by atoms with Crippen LogP contribution in [0.15, 0.2) is 48.5 Å². The molecule has 1 aromatic heterocycles. The highest BCUT2D eigenvalue weighted by atomic mass is 16.5. The molecule has 0 aliphatic heterocycles. The molecule has 5 nitrogen and oxygen atoms in total. The molecule has 0 bridgehead atoms. The molecule has 0 spiro atoms. The molecule has 0 atom stereocenters. The summed E-state index contributed by atoms with van der Waals surface area (Å²) >= 11 is 0. The largest absolute Gasteiger partial charge is 0.426 e. The molecule has 0 radical (unpaired) electrons. The molecule has 2 aromatic carbocycles. The van der Waals surface area contributed by atoms with E-state index in [-0.39, 0.29) is 18.3 Å². The quantitative estimate of drug-likeness (QED) is 0.572. The molecule has 26 heavy (non-hydrogen) atoms. The number of esters is 1. The van der Waals surface area contributed by atoms with Gasteiger partial charge in [-0.15, -0.1) is 0 Å². The second-order valence-electron chi connectivity index (χ2n) is 6.17. The molecular weight excluding hydrogens is 328 g/mol. The van der Waals surface area contributed by atoms with Crippen molar-refractivity contribution >= 4 is 28.5 Å². The maximum atomic E-state index is 12.4. The minimum atomic E-state index is -0.347. The summed E-state index contributed by atoms with van der Waals surface area (Å²) in [6, 6.07) is 14.6. The number of benzene rings is 2. The summed E-state index contributed by atoms with van der Waals surface area (Å²) in [7, 11) is 0. The molecular formula is C21H20N2O3. The highest BCUT2D eigenvalue weighted by Gasteiger charge is 2.14. The van der Waals surface area contributed by atoms with Crippen LogP contribution in [0.25, 0.3) is 10.9 Å². The summed E-state index contributed by atoms with van der Waals surface area (Å²) in [5, 5.41) is 3.71. The van der Waals surface area contributed by atoms with Crippen LogP contribution in [0, 0.1) is 13.8 Å². The molecule has 0 fully saturated rings. The number of fused-ring (bicyclic) bond motifs is 1. The van der Waals surface area contributed by atoms with Gasteiger partial charge in [-0.05, 0) is 55.3 Å². The first-order valence-corrected chi connectivity index (χ1v) is 8.37. The Morgan fingerprint density at radius 2 is 1.73 bits per heavy atom. The number of amides is 1. The highest BCUT2D eigenvalue weighted by Crippen LogP contribution is 2.23. The zero-order valence-electron chi connectivity index (χ0n) is 15.0. The van der Waals surface area contributed by atoms with E-state index in [2.05, 4.69) is 10.3 Å². The lowest BCUT2D eigenvalue weighted by molar-refractivity contribution is -0.133. The maximum Gasteiger partial charge on any atom is 0.315 e. The number of para-hydroxylation sites is 1. The van der Waals surface area contributed by atoms with Crippen molar-refractivity contribution in [2.45, 2.75) is 27.2 Å². The Morgan fingerprint density at radius 3 is 2.42 bits per heavy atom. The fourth-order valence-electron chi connectivity index (χ4n) is 2.95. The van der Waals surface area contributed by atoms with Crippen LogP contribution < -0.4 is 10.1 Å². The van der Waals surface area contributed by atoms with Crippen LogP contribution in [0.3, 0.4) is 0 Å². The summed E-state index contributed by atoms with van der Waals surface area (Å²) in [5.74, 6) is -0.0572. The Morgan fingerprint density at radius 1 is 1.04 bits per heavy atom. The van der Waals surface area contributed by atoms with Crippen LogP contribution in [-0.2, 0) is 16.0 Å². The van der Waals surface area contributed by atoms with Gasteiger partial charge in [0.1, 0.15) is 5.75 Å². The van der Waals surface area contributed by atoms with Crippen LogP contribution in [0.5, 0.6) is 5.75 Å². The number of carbonyl (C=O) groups excluding carboxylic acids is 2. The molecule has 132 valence electrons. The first-order valence-electron chi connectivity index (χ1n) is 8.37. The summed E-state index contributed by atoms with van der Waals surface area (Å²) in [5.41, 5.74) is 4.35. The Hall–Kier alpha value is -3.21. The predicted octanol–water partition coefficient (Wildman–Crippen LogP) is 3.96. The number of rotatable bonds is 4. The third-order valence-corrected chi connectivity index (χ3v) is 4.21. The lowest BCUT2D eigenvalue weighted by Crippen LogP contribution is -2.14. The summed E-state index contributed by atoms with van der Waals surface area (Å²) in [4.78, 5) is 28.0. The van der Waals surface area contributed by atoms with Crippen LogP contribution in [0.2, 0.25) is 0 Å². The van der Waals surface area contributed by atoms with E-state index in [4.69, 9.17) is 4.74 Å². The van der Waals surface area contributed by atoms with Crippen LogP contribution >= 0.6 is 0 Å². The lowest BCUT2D eigenvalue weighted by atomic mass is 10.00. The Kier molecular flexibility index (Phi) is 4.98. The van der Waals surface area contributed by atoms with Gasteiger partial charge in [-0.2, -0.15) is 0 Å². The van der Waals surface area contributed by atoms with E-state index in [0.717, 1.165) is 27.7 Å². The van der Waals surface area contributed by atoms with Gasteiger partial charge in [-0.3, -0.25) is 14.6 Å². The van der Waals surface area contributed by atoms with E-state index in [1.54, 1.807) is 24.3 Å². The lowest BCUT2D eigenvalue weighted by Gasteiger charge is -2.12. The van der Waals surface area contributed by atoms with Crippen molar-refractivity contribution in [2.24, 2.45) is 0 Å². The summed E-state index contributed by atoms with van der Waals surface area (Å²) in [6.07, 6.45) is 0.156. The average Bonchev–Trinajstić information content (AvgIpc) is 2.60. The van der Waals surface area contributed by atoms with E-state index < -0.39 is 0 Å². The summed E-state index contributed by atoms with van der Waals surface area (Å²) in [6.45, 7) is 5.35.